The summed E-state index contributed by atoms with van der Waals surface area (Å²) in [7, 11) is 0. The van der Waals surface area contributed by atoms with E-state index in [2.05, 4.69) is 5.32 Å². The number of piperidine rings is 1. The molecule has 98 valence electrons. The summed E-state index contributed by atoms with van der Waals surface area (Å²) in [5.41, 5.74) is 1.13. The first kappa shape index (κ1) is 12.9. The predicted molar refractivity (Wildman–Crippen MR) is 68.8 cm³/mol. The van der Waals surface area contributed by atoms with Gasteiger partial charge < -0.3 is 9.84 Å². The van der Waals surface area contributed by atoms with E-state index in [4.69, 9.17) is 9.84 Å². The van der Waals surface area contributed by atoms with E-state index < -0.39 is 12.0 Å². The van der Waals surface area contributed by atoms with Crippen molar-refractivity contribution in [1.29, 1.82) is 0 Å². The Hall–Kier alpha value is -1.55. The number of carbonyl (C=O) groups is 1. The Kier molecular flexibility index (Phi) is 4.20. The molecule has 1 aliphatic rings. The van der Waals surface area contributed by atoms with Gasteiger partial charge >= 0.3 is 5.97 Å². The van der Waals surface area contributed by atoms with Crippen molar-refractivity contribution in [3.05, 3.63) is 29.8 Å². The molecule has 2 unspecified atom stereocenters. The quantitative estimate of drug-likeness (QED) is 0.860. The van der Waals surface area contributed by atoms with Crippen LogP contribution in [0.2, 0.25) is 0 Å². The summed E-state index contributed by atoms with van der Waals surface area (Å²) in [5.74, 6) is 0.0949. The summed E-state index contributed by atoms with van der Waals surface area (Å²) in [6.45, 7) is 2.61. The number of ether oxygens (including phenoxy) is 1. The molecule has 18 heavy (non-hydrogen) atoms. The van der Waals surface area contributed by atoms with Gasteiger partial charge in [0.15, 0.2) is 0 Å². The first-order chi connectivity index (χ1) is 8.70. The highest BCUT2D eigenvalue weighted by Gasteiger charge is 2.26. The average molecular weight is 249 g/mol. The van der Waals surface area contributed by atoms with Crippen molar-refractivity contribution in [2.24, 2.45) is 0 Å². The molecule has 4 nitrogen and oxygen atoms in total. The van der Waals surface area contributed by atoms with E-state index in [9.17, 15) is 4.79 Å². The van der Waals surface area contributed by atoms with Crippen LogP contribution in [0.25, 0.3) is 0 Å². The van der Waals surface area contributed by atoms with E-state index in [-0.39, 0.29) is 6.04 Å². The molecule has 0 bridgehead atoms. The molecule has 0 amide bonds. The first-order valence-corrected chi connectivity index (χ1v) is 6.42. The molecule has 0 radical (unpaired) electrons. The van der Waals surface area contributed by atoms with Gasteiger partial charge in [-0.15, -0.1) is 0 Å². The van der Waals surface area contributed by atoms with Crippen molar-refractivity contribution >= 4 is 5.97 Å². The van der Waals surface area contributed by atoms with Crippen LogP contribution < -0.4 is 10.1 Å². The van der Waals surface area contributed by atoms with Crippen molar-refractivity contribution in [2.45, 2.75) is 38.3 Å². The number of aliphatic carboxylic acids is 1. The van der Waals surface area contributed by atoms with Crippen molar-refractivity contribution in [1.82, 2.24) is 5.32 Å². The lowest BCUT2D eigenvalue weighted by molar-refractivity contribution is -0.140. The highest BCUT2D eigenvalue weighted by molar-refractivity contribution is 5.73. The SMILES string of the molecule is CCOc1ccc(C2CCCC(C(=O)O)N2)cc1. The maximum absolute atomic E-state index is 11.0. The number of nitrogens with one attached hydrogen (secondary N) is 1. The summed E-state index contributed by atoms with van der Waals surface area (Å²) >= 11 is 0. The van der Waals surface area contributed by atoms with Crippen LogP contribution in [-0.4, -0.2) is 23.7 Å². The molecule has 1 aromatic carbocycles. The lowest BCUT2D eigenvalue weighted by atomic mass is 9.93. The molecule has 2 atom stereocenters. The molecule has 1 saturated heterocycles. The summed E-state index contributed by atoms with van der Waals surface area (Å²) in [4.78, 5) is 11.0. The van der Waals surface area contributed by atoms with E-state index in [1.54, 1.807) is 0 Å². The molecular formula is C14H19NO3. The van der Waals surface area contributed by atoms with Crippen LogP contribution in [0.3, 0.4) is 0 Å². The Bertz CT molecular complexity index is 402. The number of carboxylic acid groups (broad SMARTS) is 1. The van der Waals surface area contributed by atoms with Gasteiger partial charge in [0.25, 0.3) is 0 Å². The third-order valence-electron chi connectivity index (χ3n) is 3.28. The lowest BCUT2D eigenvalue weighted by Crippen LogP contribution is -2.42. The zero-order chi connectivity index (χ0) is 13.0. The van der Waals surface area contributed by atoms with Gasteiger partial charge in [0.2, 0.25) is 0 Å². The van der Waals surface area contributed by atoms with Gasteiger partial charge in [0.05, 0.1) is 6.61 Å². The molecule has 1 fully saturated rings. The van der Waals surface area contributed by atoms with Crippen molar-refractivity contribution in [2.75, 3.05) is 6.61 Å². The fraction of sp³-hybridized carbons (Fsp3) is 0.500. The summed E-state index contributed by atoms with van der Waals surface area (Å²) < 4.78 is 5.39. The Morgan fingerprint density at radius 3 is 2.72 bits per heavy atom. The molecule has 0 aliphatic carbocycles. The van der Waals surface area contributed by atoms with E-state index in [0.29, 0.717) is 13.0 Å². The highest BCUT2D eigenvalue weighted by Crippen LogP contribution is 2.27. The van der Waals surface area contributed by atoms with Crippen LogP contribution in [0.5, 0.6) is 5.75 Å². The molecule has 0 spiro atoms. The Morgan fingerprint density at radius 1 is 1.39 bits per heavy atom. The molecule has 1 aliphatic heterocycles. The van der Waals surface area contributed by atoms with E-state index in [0.717, 1.165) is 24.2 Å². The van der Waals surface area contributed by atoms with Gasteiger partial charge in [-0.1, -0.05) is 12.1 Å². The lowest BCUT2D eigenvalue weighted by Gasteiger charge is -2.29. The minimum Gasteiger partial charge on any atom is -0.494 e. The molecule has 0 aromatic heterocycles. The third-order valence-corrected chi connectivity index (χ3v) is 3.28. The van der Waals surface area contributed by atoms with Crippen LogP contribution in [-0.2, 0) is 4.79 Å². The maximum Gasteiger partial charge on any atom is 0.320 e. The first-order valence-electron chi connectivity index (χ1n) is 6.42. The molecule has 4 heteroatoms. The standard InChI is InChI=1S/C14H19NO3/c1-2-18-11-8-6-10(7-9-11)12-4-3-5-13(15-12)14(16)17/h6-9,12-13,15H,2-5H2,1H3,(H,16,17). The van der Waals surface area contributed by atoms with E-state index in [1.165, 1.54) is 0 Å². The Labute approximate surface area is 107 Å². The number of benzene rings is 1. The monoisotopic (exact) mass is 249 g/mol. The van der Waals surface area contributed by atoms with Crippen LogP contribution in [0.4, 0.5) is 0 Å². The third kappa shape index (κ3) is 3.01. The number of hydrogen-bond donors (Lipinski definition) is 2. The highest BCUT2D eigenvalue weighted by atomic mass is 16.5. The zero-order valence-electron chi connectivity index (χ0n) is 10.6. The van der Waals surface area contributed by atoms with Gasteiger partial charge in [-0.05, 0) is 43.9 Å². The minimum absolute atomic E-state index is 0.135. The Balaban J connectivity index is 2.04. The fourth-order valence-electron chi connectivity index (χ4n) is 2.36. The van der Waals surface area contributed by atoms with Gasteiger partial charge in [-0.3, -0.25) is 10.1 Å². The second kappa shape index (κ2) is 5.87. The Morgan fingerprint density at radius 2 is 2.11 bits per heavy atom. The predicted octanol–water partition coefficient (Wildman–Crippen LogP) is 2.35. The fourth-order valence-corrected chi connectivity index (χ4v) is 2.36. The van der Waals surface area contributed by atoms with Crippen molar-refractivity contribution < 1.29 is 14.6 Å². The smallest absolute Gasteiger partial charge is 0.320 e. The maximum atomic E-state index is 11.0. The van der Waals surface area contributed by atoms with Gasteiger partial charge in [-0.2, -0.15) is 0 Å². The molecule has 0 saturated carbocycles. The number of carboxylic acids is 1. The van der Waals surface area contributed by atoms with Gasteiger partial charge in [0, 0.05) is 6.04 Å². The van der Waals surface area contributed by atoms with E-state index >= 15 is 0 Å². The molecule has 1 heterocycles. The minimum atomic E-state index is -0.759. The average Bonchev–Trinajstić information content (AvgIpc) is 2.40. The summed E-state index contributed by atoms with van der Waals surface area (Å²) in [6, 6.07) is 7.60. The van der Waals surface area contributed by atoms with E-state index in [1.807, 2.05) is 31.2 Å². The number of rotatable bonds is 4. The van der Waals surface area contributed by atoms with Gasteiger partial charge in [-0.25, -0.2) is 0 Å². The molecule has 1 aromatic rings. The second-order valence-electron chi connectivity index (χ2n) is 4.54. The molecule has 2 N–H and O–H groups in total. The number of hydrogen-bond acceptors (Lipinski definition) is 3. The van der Waals surface area contributed by atoms with Crippen LogP contribution in [0.15, 0.2) is 24.3 Å². The second-order valence-corrected chi connectivity index (χ2v) is 4.54. The largest absolute Gasteiger partial charge is 0.494 e. The summed E-state index contributed by atoms with van der Waals surface area (Å²) in [6.07, 6.45) is 2.64. The van der Waals surface area contributed by atoms with Gasteiger partial charge in [0.1, 0.15) is 11.8 Å². The topological polar surface area (TPSA) is 58.6 Å². The van der Waals surface area contributed by atoms with Crippen LogP contribution >= 0.6 is 0 Å². The molecule has 2 rings (SSSR count). The molecular weight excluding hydrogens is 230 g/mol. The van der Waals surface area contributed by atoms with Crippen LogP contribution in [0.1, 0.15) is 37.8 Å². The van der Waals surface area contributed by atoms with Crippen LogP contribution in [0, 0.1) is 0 Å². The zero-order valence-corrected chi connectivity index (χ0v) is 10.6. The normalized spacial score (nSPS) is 23.6. The van der Waals surface area contributed by atoms with Crippen molar-refractivity contribution in [3.8, 4) is 5.75 Å². The van der Waals surface area contributed by atoms with Crippen molar-refractivity contribution in [3.63, 3.8) is 0 Å². The summed E-state index contributed by atoms with van der Waals surface area (Å²) in [5, 5.41) is 12.2.